The molecule has 1 atom stereocenters. The van der Waals surface area contributed by atoms with Crippen LogP contribution in [-0.2, 0) is 4.79 Å². The van der Waals surface area contributed by atoms with Gasteiger partial charge in [-0.1, -0.05) is 29.8 Å². The van der Waals surface area contributed by atoms with Gasteiger partial charge in [-0.3, -0.25) is 4.79 Å². The number of nitrogens with one attached hydrogen (secondary N) is 2. The van der Waals surface area contributed by atoms with Gasteiger partial charge >= 0.3 is 0 Å². The summed E-state index contributed by atoms with van der Waals surface area (Å²) in [4.78, 5) is 12.2. The summed E-state index contributed by atoms with van der Waals surface area (Å²) < 4.78 is 11.1. The molecule has 140 valence electrons. The van der Waals surface area contributed by atoms with E-state index >= 15 is 0 Å². The van der Waals surface area contributed by atoms with E-state index in [0.717, 1.165) is 5.56 Å². The lowest BCUT2D eigenvalue weighted by atomic mass is 10.1. The number of hydrogen-bond acceptors (Lipinski definition) is 4. The molecule has 6 heteroatoms. The first kappa shape index (κ1) is 20.1. The van der Waals surface area contributed by atoms with Crippen LogP contribution in [0.15, 0.2) is 42.5 Å². The van der Waals surface area contributed by atoms with Gasteiger partial charge in [0.1, 0.15) is 0 Å². The number of carbonyl (C=O) groups excluding carboxylic acids is 1. The van der Waals surface area contributed by atoms with Gasteiger partial charge in [0.15, 0.2) is 11.5 Å². The van der Waals surface area contributed by atoms with Gasteiger partial charge in [0.25, 0.3) is 0 Å². The van der Waals surface area contributed by atoms with Crippen LogP contribution in [0.25, 0.3) is 0 Å². The standard InChI is InChI=1S/C20H25ClN2O3/c1-4-25-18-11-10-15(12-19(18)26-5-2)23-20(24)13-22-14(3)16-8-6-7-9-17(16)21/h6-12,14,22H,4-5,13H2,1-3H3,(H,23,24)/t14-/m1/s1. The molecule has 0 aromatic heterocycles. The summed E-state index contributed by atoms with van der Waals surface area (Å²) in [6.45, 7) is 7.03. The minimum Gasteiger partial charge on any atom is -0.490 e. The van der Waals surface area contributed by atoms with Crippen molar-refractivity contribution in [3.63, 3.8) is 0 Å². The Labute approximate surface area is 159 Å². The predicted octanol–water partition coefficient (Wildman–Crippen LogP) is 4.43. The Morgan fingerprint density at radius 2 is 1.77 bits per heavy atom. The molecule has 0 unspecified atom stereocenters. The fourth-order valence-corrected chi connectivity index (χ4v) is 2.82. The number of amides is 1. The maximum Gasteiger partial charge on any atom is 0.238 e. The third kappa shape index (κ3) is 5.64. The first-order chi connectivity index (χ1) is 12.5. The van der Waals surface area contributed by atoms with E-state index in [4.69, 9.17) is 21.1 Å². The van der Waals surface area contributed by atoms with Gasteiger partial charge in [0, 0.05) is 22.8 Å². The van der Waals surface area contributed by atoms with Crippen LogP contribution in [0.2, 0.25) is 5.02 Å². The normalized spacial score (nSPS) is 11.7. The van der Waals surface area contributed by atoms with Crippen LogP contribution in [-0.4, -0.2) is 25.7 Å². The zero-order chi connectivity index (χ0) is 18.9. The number of benzene rings is 2. The van der Waals surface area contributed by atoms with Crippen molar-refractivity contribution in [2.45, 2.75) is 26.8 Å². The van der Waals surface area contributed by atoms with Crippen molar-refractivity contribution in [1.82, 2.24) is 5.32 Å². The molecule has 2 N–H and O–H groups in total. The summed E-state index contributed by atoms with van der Waals surface area (Å²) in [5, 5.41) is 6.72. The summed E-state index contributed by atoms with van der Waals surface area (Å²) >= 11 is 6.19. The van der Waals surface area contributed by atoms with Crippen molar-refractivity contribution in [1.29, 1.82) is 0 Å². The van der Waals surface area contributed by atoms with Crippen LogP contribution in [0.1, 0.15) is 32.4 Å². The zero-order valence-electron chi connectivity index (χ0n) is 15.3. The van der Waals surface area contributed by atoms with Gasteiger partial charge in [-0.15, -0.1) is 0 Å². The minimum atomic E-state index is -0.143. The number of halogens is 1. The first-order valence-electron chi connectivity index (χ1n) is 8.72. The summed E-state index contributed by atoms with van der Waals surface area (Å²) in [6, 6.07) is 12.9. The molecule has 0 heterocycles. The minimum absolute atomic E-state index is 0.0336. The molecule has 2 aromatic carbocycles. The molecular weight excluding hydrogens is 352 g/mol. The monoisotopic (exact) mass is 376 g/mol. The van der Waals surface area contributed by atoms with Crippen LogP contribution in [0.3, 0.4) is 0 Å². The van der Waals surface area contributed by atoms with Crippen molar-refractivity contribution in [2.75, 3.05) is 25.1 Å². The van der Waals surface area contributed by atoms with E-state index in [0.29, 0.717) is 35.4 Å². The van der Waals surface area contributed by atoms with Gasteiger partial charge < -0.3 is 20.1 Å². The number of hydrogen-bond donors (Lipinski definition) is 2. The van der Waals surface area contributed by atoms with E-state index in [1.807, 2.05) is 45.0 Å². The van der Waals surface area contributed by atoms with Crippen molar-refractivity contribution in [3.8, 4) is 11.5 Å². The molecule has 0 aliphatic carbocycles. The number of carbonyl (C=O) groups is 1. The van der Waals surface area contributed by atoms with E-state index in [2.05, 4.69) is 10.6 Å². The Balaban J connectivity index is 1.95. The Kier molecular flexibility index (Phi) is 7.75. The third-order valence-electron chi connectivity index (χ3n) is 3.77. The smallest absolute Gasteiger partial charge is 0.238 e. The van der Waals surface area contributed by atoms with Gasteiger partial charge in [0.05, 0.1) is 19.8 Å². The largest absolute Gasteiger partial charge is 0.490 e. The molecule has 2 aromatic rings. The number of ether oxygens (including phenoxy) is 2. The van der Waals surface area contributed by atoms with Crippen molar-refractivity contribution < 1.29 is 14.3 Å². The van der Waals surface area contributed by atoms with E-state index in [-0.39, 0.29) is 18.5 Å². The first-order valence-corrected chi connectivity index (χ1v) is 9.10. The second-order valence-corrected chi connectivity index (χ2v) is 6.11. The van der Waals surface area contributed by atoms with E-state index < -0.39 is 0 Å². The SMILES string of the molecule is CCOc1ccc(NC(=O)CN[C@H](C)c2ccccc2Cl)cc1OCC. The van der Waals surface area contributed by atoms with E-state index in [1.54, 1.807) is 18.2 Å². The highest BCUT2D eigenvalue weighted by molar-refractivity contribution is 6.31. The van der Waals surface area contributed by atoms with Crippen LogP contribution >= 0.6 is 11.6 Å². The fraction of sp³-hybridized carbons (Fsp3) is 0.350. The van der Waals surface area contributed by atoms with Crippen LogP contribution < -0.4 is 20.1 Å². The van der Waals surface area contributed by atoms with Crippen molar-refractivity contribution in [3.05, 3.63) is 53.1 Å². The number of anilines is 1. The molecule has 0 radical (unpaired) electrons. The third-order valence-corrected chi connectivity index (χ3v) is 4.11. The molecule has 5 nitrogen and oxygen atoms in total. The van der Waals surface area contributed by atoms with Crippen molar-refractivity contribution in [2.24, 2.45) is 0 Å². The molecule has 1 amide bonds. The molecule has 0 saturated heterocycles. The fourth-order valence-electron chi connectivity index (χ4n) is 2.52. The molecule has 26 heavy (non-hydrogen) atoms. The quantitative estimate of drug-likeness (QED) is 0.679. The van der Waals surface area contributed by atoms with E-state index in [9.17, 15) is 4.79 Å². The zero-order valence-corrected chi connectivity index (χ0v) is 16.1. The molecule has 2 rings (SSSR count). The maximum absolute atomic E-state index is 12.2. The summed E-state index contributed by atoms with van der Waals surface area (Å²) in [7, 11) is 0. The Morgan fingerprint density at radius 1 is 1.08 bits per heavy atom. The highest BCUT2D eigenvalue weighted by Gasteiger charge is 2.12. The average Bonchev–Trinajstić information content (AvgIpc) is 2.62. The molecule has 0 fully saturated rings. The van der Waals surface area contributed by atoms with Gasteiger partial charge in [-0.2, -0.15) is 0 Å². The number of rotatable bonds is 9. The summed E-state index contributed by atoms with van der Waals surface area (Å²) in [5.41, 5.74) is 1.62. The predicted molar refractivity (Wildman–Crippen MR) is 105 cm³/mol. The molecule has 0 saturated carbocycles. The van der Waals surface area contributed by atoms with Crippen LogP contribution in [0.4, 0.5) is 5.69 Å². The molecule has 0 bridgehead atoms. The van der Waals surface area contributed by atoms with Crippen molar-refractivity contribution >= 4 is 23.2 Å². The lowest BCUT2D eigenvalue weighted by molar-refractivity contribution is -0.115. The highest BCUT2D eigenvalue weighted by atomic mass is 35.5. The maximum atomic E-state index is 12.2. The Hall–Kier alpha value is -2.24. The summed E-state index contributed by atoms with van der Waals surface area (Å²) in [6.07, 6.45) is 0. The van der Waals surface area contributed by atoms with Gasteiger partial charge in [-0.05, 0) is 44.5 Å². The Morgan fingerprint density at radius 3 is 2.46 bits per heavy atom. The molecule has 0 aliphatic heterocycles. The second kappa shape index (κ2) is 10.0. The Bertz CT molecular complexity index is 737. The molecular formula is C20H25ClN2O3. The van der Waals surface area contributed by atoms with Crippen LogP contribution in [0.5, 0.6) is 11.5 Å². The highest BCUT2D eigenvalue weighted by Crippen LogP contribution is 2.30. The molecule has 0 spiro atoms. The second-order valence-electron chi connectivity index (χ2n) is 5.70. The lowest BCUT2D eigenvalue weighted by Gasteiger charge is -2.16. The average molecular weight is 377 g/mol. The lowest BCUT2D eigenvalue weighted by Crippen LogP contribution is -2.30. The summed E-state index contributed by atoms with van der Waals surface area (Å²) in [5.74, 6) is 1.14. The van der Waals surface area contributed by atoms with Crippen LogP contribution in [0, 0.1) is 0 Å². The van der Waals surface area contributed by atoms with Gasteiger partial charge in [-0.25, -0.2) is 0 Å². The van der Waals surface area contributed by atoms with E-state index in [1.165, 1.54) is 0 Å². The molecule has 0 aliphatic rings. The van der Waals surface area contributed by atoms with Gasteiger partial charge in [0.2, 0.25) is 5.91 Å². The topological polar surface area (TPSA) is 59.6 Å².